The van der Waals surface area contributed by atoms with E-state index in [1.54, 1.807) is 18.2 Å². The highest BCUT2D eigenvalue weighted by molar-refractivity contribution is 6.48. The highest BCUT2D eigenvalue weighted by Gasteiger charge is 2.16. The molecule has 0 aliphatic heterocycles. The number of rotatable bonds is 4. The summed E-state index contributed by atoms with van der Waals surface area (Å²) in [5, 5.41) is 9.52. The molecule has 3 nitrogen and oxygen atoms in total. The molecule has 0 aromatic heterocycles. The van der Waals surface area contributed by atoms with Crippen molar-refractivity contribution in [3.8, 4) is 5.75 Å². The van der Waals surface area contributed by atoms with Crippen LogP contribution in [-0.2, 0) is 4.79 Å². The van der Waals surface area contributed by atoms with E-state index < -0.39 is 11.6 Å². The Hall–Kier alpha value is -2.68. The molecule has 0 saturated heterocycles. The second-order valence-electron chi connectivity index (χ2n) is 3.95. The van der Waals surface area contributed by atoms with Crippen LogP contribution in [0.2, 0.25) is 0 Å². The lowest BCUT2D eigenvalue weighted by Gasteiger charge is -1.99. The fraction of sp³-hybridized carbons (Fsp3) is 0. The Morgan fingerprint density at radius 2 is 1.53 bits per heavy atom. The molecule has 0 radical (unpaired) electrons. The highest BCUT2D eigenvalue weighted by atomic mass is 16.3. The lowest BCUT2D eigenvalue weighted by molar-refractivity contribution is -0.110. The van der Waals surface area contributed by atoms with Gasteiger partial charge in [-0.3, -0.25) is 9.59 Å². The van der Waals surface area contributed by atoms with Crippen molar-refractivity contribution in [1.82, 2.24) is 0 Å². The summed E-state index contributed by atoms with van der Waals surface area (Å²) in [7, 11) is 0. The topological polar surface area (TPSA) is 54.4 Å². The van der Waals surface area contributed by atoms with Crippen molar-refractivity contribution in [2.75, 3.05) is 0 Å². The lowest BCUT2D eigenvalue weighted by Crippen LogP contribution is -2.11. The zero-order valence-electron chi connectivity index (χ0n) is 10.1. The van der Waals surface area contributed by atoms with Gasteiger partial charge in [-0.25, -0.2) is 0 Å². The van der Waals surface area contributed by atoms with Crippen LogP contribution in [0.15, 0.2) is 60.7 Å². The van der Waals surface area contributed by atoms with Crippen LogP contribution in [0.25, 0.3) is 6.08 Å². The maximum absolute atomic E-state index is 11.8. The van der Waals surface area contributed by atoms with Gasteiger partial charge in [0.25, 0.3) is 0 Å². The second kappa shape index (κ2) is 5.78. The quantitative estimate of drug-likeness (QED) is 0.517. The molecule has 0 unspecified atom stereocenters. The standard InChI is InChI=1S/C16H12O3/c17-14-9-5-4-8-13(14)16(19)15(18)11-10-12-6-2-1-3-7-12/h1-11,17H/b11-10+. The number of hydrogen-bond donors (Lipinski definition) is 1. The van der Waals surface area contributed by atoms with Crippen molar-refractivity contribution in [2.24, 2.45) is 0 Å². The number of carbonyl (C=O) groups is 2. The van der Waals surface area contributed by atoms with Crippen molar-refractivity contribution in [3.63, 3.8) is 0 Å². The molecule has 0 aliphatic carbocycles. The SMILES string of the molecule is O=C(/C=C/c1ccccc1)C(=O)c1ccccc1O. The molecular weight excluding hydrogens is 240 g/mol. The largest absolute Gasteiger partial charge is 0.507 e. The Labute approximate surface area is 110 Å². The summed E-state index contributed by atoms with van der Waals surface area (Å²) in [6.07, 6.45) is 2.78. The van der Waals surface area contributed by atoms with Gasteiger partial charge >= 0.3 is 0 Å². The first-order chi connectivity index (χ1) is 9.18. The van der Waals surface area contributed by atoms with E-state index in [1.165, 1.54) is 18.2 Å². The number of para-hydroxylation sites is 1. The maximum atomic E-state index is 11.8. The molecule has 2 aromatic carbocycles. The summed E-state index contributed by atoms with van der Waals surface area (Å²) in [6, 6.07) is 15.2. The van der Waals surface area contributed by atoms with Crippen LogP contribution in [0.4, 0.5) is 0 Å². The average molecular weight is 252 g/mol. The molecule has 3 heteroatoms. The summed E-state index contributed by atoms with van der Waals surface area (Å²) in [4.78, 5) is 23.5. The van der Waals surface area contributed by atoms with Gasteiger partial charge in [0.2, 0.25) is 11.6 Å². The van der Waals surface area contributed by atoms with Crippen LogP contribution in [0.1, 0.15) is 15.9 Å². The van der Waals surface area contributed by atoms with Crippen LogP contribution < -0.4 is 0 Å². The smallest absolute Gasteiger partial charge is 0.236 e. The zero-order chi connectivity index (χ0) is 13.7. The second-order valence-corrected chi connectivity index (χ2v) is 3.95. The van der Waals surface area contributed by atoms with Crippen LogP contribution in [-0.4, -0.2) is 16.7 Å². The van der Waals surface area contributed by atoms with Crippen LogP contribution in [0, 0.1) is 0 Å². The monoisotopic (exact) mass is 252 g/mol. The van der Waals surface area contributed by atoms with Gasteiger partial charge in [-0.2, -0.15) is 0 Å². The van der Waals surface area contributed by atoms with Gasteiger partial charge in [0.1, 0.15) is 5.75 Å². The van der Waals surface area contributed by atoms with Gasteiger partial charge in [0.05, 0.1) is 5.56 Å². The molecule has 94 valence electrons. The first kappa shape index (κ1) is 12.8. The van der Waals surface area contributed by atoms with Crippen molar-refractivity contribution >= 4 is 17.6 Å². The predicted molar refractivity (Wildman–Crippen MR) is 72.9 cm³/mol. The highest BCUT2D eigenvalue weighted by Crippen LogP contribution is 2.16. The number of ketones is 2. The molecule has 0 spiro atoms. The molecular formula is C16H12O3. The van der Waals surface area contributed by atoms with E-state index in [0.717, 1.165) is 5.56 Å². The fourth-order valence-electron chi connectivity index (χ4n) is 1.61. The Kier molecular flexibility index (Phi) is 3.88. The van der Waals surface area contributed by atoms with Crippen LogP contribution in [0.5, 0.6) is 5.75 Å². The van der Waals surface area contributed by atoms with Gasteiger partial charge < -0.3 is 5.11 Å². The minimum atomic E-state index is -0.717. The summed E-state index contributed by atoms with van der Waals surface area (Å²) in [6.45, 7) is 0. The molecule has 2 rings (SSSR count). The average Bonchev–Trinajstić information content (AvgIpc) is 2.45. The molecule has 19 heavy (non-hydrogen) atoms. The molecule has 0 amide bonds. The van der Waals surface area contributed by atoms with Gasteiger partial charge in [-0.15, -0.1) is 0 Å². The molecule has 0 saturated carbocycles. The molecule has 0 heterocycles. The third kappa shape index (κ3) is 3.16. The summed E-state index contributed by atoms with van der Waals surface area (Å²) < 4.78 is 0. The molecule has 0 bridgehead atoms. The van der Waals surface area contributed by atoms with Crippen LogP contribution >= 0.6 is 0 Å². The molecule has 2 aromatic rings. The van der Waals surface area contributed by atoms with E-state index in [-0.39, 0.29) is 11.3 Å². The minimum Gasteiger partial charge on any atom is -0.507 e. The first-order valence-corrected chi connectivity index (χ1v) is 5.78. The van der Waals surface area contributed by atoms with Gasteiger partial charge in [0.15, 0.2) is 0 Å². The van der Waals surface area contributed by atoms with Crippen molar-refractivity contribution in [2.45, 2.75) is 0 Å². The first-order valence-electron chi connectivity index (χ1n) is 5.78. The zero-order valence-corrected chi connectivity index (χ0v) is 10.1. The van der Waals surface area contributed by atoms with Gasteiger partial charge in [-0.05, 0) is 23.8 Å². The molecule has 0 fully saturated rings. The Morgan fingerprint density at radius 3 is 2.21 bits per heavy atom. The Morgan fingerprint density at radius 1 is 0.895 bits per heavy atom. The third-order valence-electron chi connectivity index (χ3n) is 2.60. The summed E-state index contributed by atoms with van der Waals surface area (Å²) >= 11 is 0. The van der Waals surface area contributed by atoms with Crippen LogP contribution in [0.3, 0.4) is 0 Å². The summed E-state index contributed by atoms with van der Waals surface area (Å²) in [5.41, 5.74) is 0.853. The van der Waals surface area contributed by atoms with Crippen molar-refractivity contribution < 1.29 is 14.7 Å². The van der Waals surface area contributed by atoms with E-state index >= 15 is 0 Å². The Bertz CT molecular complexity index is 627. The van der Waals surface area contributed by atoms with E-state index in [0.29, 0.717) is 0 Å². The molecule has 0 aliphatic rings. The Balaban J connectivity index is 2.15. The number of hydrogen-bond acceptors (Lipinski definition) is 3. The van der Waals surface area contributed by atoms with E-state index in [2.05, 4.69) is 0 Å². The van der Waals surface area contributed by atoms with Crippen molar-refractivity contribution in [1.29, 1.82) is 0 Å². The number of benzene rings is 2. The number of phenols is 1. The third-order valence-corrected chi connectivity index (χ3v) is 2.60. The van der Waals surface area contributed by atoms with Gasteiger partial charge in [-0.1, -0.05) is 48.5 Å². The normalized spacial score (nSPS) is 10.5. The number of Topliss-reactive ketones (excluding diaryl/α,β-unsaturated/α-hetero) is 1. The van der Waals surface area contributed by atoms with E-state index in [9.17, 15) is 14.7 Å². The number of phenolic OH excluding ortho intramolecular Hbond substituents is 1. The van der Waals surface area contributed by atoms with E-state index in [4.69, 9.17) is 0 Å². The molecule has 1 N–H and O–H groups in total. The van der Waals surface area contributed by atoms with Crippen molar-refractivity contribution in [3.05, 3.63) is 71.8 Å². The number of carbonyl (C=O) groups excluding carboxylic acids is 2. The van der Waals surface area contributed by atoms with E-state index in [1.807, 2.05) is 30.3 Å². The predicted octanol–water partition coefficient (Wildman–Crippen LogP) is 2.86. The number of allylic oxidation sites excluding steroid dienone is 1. The molecule has 0 atom stereocenters. The fourth-order valence-corrected chi connectivity index (χ4v) is 1.61. The maximum Gasteiger partial charge on any atom is 0.236 e. The lowest BCUT2D eigenvalue weighted by atomic mass is 10.1. The number of aromatic hydroxyl groups is 1. The van der Waals surface area contributed by atoms with Gasteiger partial charge in [0, 0.05) is 0 Å². The minimum absolute atomic E-state index is 0.0187. The summed E-state index contributed by atoms with van der Waals surface area (Å²) in [5.74, 6) is -1.57.